The van der Waals surface area contributed by atoms with Crippen LogP contribution in [0.15, 0.2) is 36.7 Å². The third-order valence-electron chi connectivity index (χ3n) is 2.44. The van der Waals surface area contributed by atoms with Gasteiger partial charge in [0.25, 0.3) is 0 Å². The van der Waals surface area contributed by atoms with Crippen LogP contribution < -0.4 is 10.2 Å². The molecule has 1 N–H and O–H groups in total. The van der Waals surface area contributed by atoms with Crippen molar-refractivity contribution in [1.29, 1.82) is 5.26 Å². The van der Waals surface area contributed by atoms with Gasteiger partial charge in [0.15, 0.2) is 6.19 Å². The second kappa shape index (κ2) is 5.15. The summed E-state index contributed by atoms with van der Waals surface area (Å²) in [5, 5.41) is 12.0. The maximum Gasteiger partial charge on any atom is 0.185 e. The van der Waals surface area contributed by atoms with Crippen LogP contribution in [0.25, 0.3) is 0 Å². The van der Waals surface area contributed by atoms with E-state index in [1.165, 1.54) is 16.8 Å². The summed E-state index contributed by atoms with van der Waals surface area (Å²) in [5.41, 5.74) is 2.13. The Morgan fingerprint density at radius 2 is 2.11 bits per heavy atom. The molecular weight excluding hydrogens is 226 g/mol. The summed E-state index contributed by atoms with van der Waals surface area (Å²) in [6.45, 7) is 2.03. The number of benzene rings is 1. The molecular formula is C13H13N5. The van der Waals surface area contributed by atoms with Crippen LogP contribution in [0.2, 0.25) is 0 Å². The van der Waals surface area contributed by atoms with Crippen LogP contribution in [-0.4, -0.2) is 17.0 Å². The molecule has 1 aromatic heterocycles. The fourth-order valence-corrected chi connectivity index (χ4v) is 1.52. The Hall–Kier alpha value is -2.61. The van der Waals surface area contributed by atoms with Crippen LogP contribution in [0.1, 0.15) is 5.56 Å². The van der Waals surface area contributed by atoms with Crippen LogP contribution in [-0.2, 0) is 0 Å². The van der Waals surface area contributed by atoms with Gasteiger partial charge in [0.2, 0.25) is 0 Å². The molecule has 0 atom stereocenters. The molecule has 0 unspecified atom stereocenters. The van der Waals surface area contributed by atoms with Gasteiger partial charge in [0, 0.05) is 18.8 Å². The summed E-state index contributed by atoms with van der Waals surface area (Å²) in [5.74, 6) is 1.22. The molecule has 0 bridgehead atoms. The maximum atomic E-state index is 8.80. The Kier molecular flexibility index (Phi) is 3.39. The van der Waals surface area contributed by atoms with Crippen molar-refractivity contribution in [3.63, 3.8) is 0 Å². The van der Waals surface area contributed by atoms with E-state index in [-0.39, 0.29) is 0 Å². The fraction of sp³-hybridized carbons (Fsp3) is 0.154. The number of hydrogen-bond acceptors (Lipinski definition) is 5. The summed E-state index contributed by atoms with van der Waals surface area (Å²) in [7, 11) is 1.65. The van der Waals surface area contributed by atoms with Gasteiger partial charge in [0.1, 0.15) is 18.0 Å². The van der Waals surface area contributed by atoms with Gasteiger partial charge >= 0.3 is 0 Å². The lowest BCUT2D eigenvalue weighted by Gasteiger charge is -2.10. The molecule has 0 aliphatic heterocycles. The highest BCUT2D eigenvalue weighted by atomic mass is 15.2. The standard InChI is InChI=1S/C13H13N5/c1-10-4-3-5-11(6-10)17-12-7-13(16-9-15-12)18(2)8-14/h3-7,9H,1-2H3,(H,15,16,17). The maximum absolute atomic E-state index is 8.80. The van der Waals surface area contributed by atoms with Crippen molar-refractivity contribution in [3.05, 3.63) is 42.2 Å². The molecule has 0 saturated heterocycles. The first kappa shape index (κ1) is 11.9. The summed E-state index contributed by atoms with van der Waals surface area (Å²) in [6.07, 6.45) is 3.43. The molecule has 5 nitrogen and oxygen atoms in total. The molecule has 5 heteroatoms. The average Bonchev–Trinajstić information content (AvgIpc) is 2.38. The van der Waals surface area contributed by atoms with Crippen LogP contribution in [0.4, 0.5) is 17.3 Å². The normalized spacial score (nSPS) is 9.61. The zero-order valence-corrected chi connectivity index (χ0v) is 10.3. The predicted octanol–water partition coefficient (Wildman–Crippen LogP) is 2.45. The first-order chi connectivity index (χ1) is 8.69. The molecule has 90 valence electrons. The van der Waals surface area contributed by atoms with Gasteiger partial charge in [0.05, 0.1) is 0 Å². The van der Waals surface area contributed by atoms with Gasteiger partial charge in [-0.05, 0) is 24.6 Å². The van der Waals surface area contributed by atoms with Crippen molar-refractivity contribution in [2.75, 3.05) is 17.3 Å². The van der Waals surface area contributed by atoms with Crippen LogP contribution in [0.5, 0.6) is 0 Å². The summed E-state index contributed by atoms with van der Waals surface area (Å²) < 4.78 is 0. The number of nitrogens with one attached hydrogen (secondary N) is 1. The van der Waals surface area contributed by atoms with Gasteiger partial charge in [-0.3, -0.25) is 4.90 Å². The summed E-state index contributed by atoms with van der Waals surface area (Å²) in [4.78, 5) is 9.52. The quantitative estimate of drug-likeness (QED) is 0.658. The molecule has 18 heavy (non-hydrogen) atoms. The topological polar surface area (TPSA) is 64.8 Å². The largest absolute Gasteiger partial charge is 0.340 e. The second-order valence-corrected chi connectivity index (χ2v) is 3.91. The Labute approximate surface area is 106 Å². The zero-order valence-electron chi connectivity index (χ0n) is 10.3. The van der Waals surface area contributed by atoms with Crippen molar-refractivity contribution in [2.24, 2.45) is 0 Å². The van der Waals surface area contributed by atoms with E-state index in [9.17, 15) is 0 Å². The monoisotopic (exact) mass is 239 g/mol. The number of aryl methyl sites for hydroxylation is 1. The smallest absolute Gasteiger partial charge is 0.185 e. The highest BCUT2D eigenvalue weighted by molar-refractivity contribution is 5.60. The summed E-state index contributed by atoms with van der Waals surface area (Å²) >= 11 is 0. The van der Waals surface area contributed by atoms with E-state index in [1.807, 2.05) is 37.4 Å². The van der Waals surface area contributed by atoms with Gasteiger partial charge in [-0.15, -0.1) is 0 Å². The molecule has 0 aliphatic rings. The number of nitrogens with zero attached hydrogens (tertiary/aromatic N) is 4. The molecule has 0 saturated carbocycles. The van der Waals surface area contributed by atoms with E-state index in [4.69, 9.17) is 5.26 Å². The Morgan fingerprint density at radius 1 is 1.28 bits per heavy atom. The van der Waals surface area contributed by atoms with Crippen LogP contribution in [0, 0.1) is 18.4 Å². The molecule has 0 radical (unpaired) electrons. The molecule has 2 rings (SSSR count). The van der Waals surface area contributed by atoms with E-state index in [0.717, 1.165) is 5.69 Å². The van der Waals surface area contributed by atoms with E-state index in [1.54, 1.807) is 13.1 Å². The number of aromatic nitrogens is 2. The Balaban J connectivity index is 2.22. The highest BCUT2D eigenvalue weighted by Crippen LogP contribution is 2.18. The average molecular weight is 239 g/mol. The number of rotatable bonds is 3. The molecule has 0 aliphatic carbocycles. The minimum absolute atomic E-state index is 0.558. The highest BCUT2D eigenvalue weighted by Gasteiger charge is 2.03. The Morgan fingerprint density at radius 3 is 2.83 bits per heavy atom. The zero-order chi connectivity index (χ0) is 13.0. The Bertz CT molecular complexity index is 588. The predicted molar refractivity (Wildman–Crippen MR) is 70.5 cm³/mol. The molecule has 0 amide bonds. The van der Waals surface area contributed by atoms with Gasteiger partial charge in [-0.1, -0.05) is 12.1 Å². The van der Waals surface area contributed by atoms with Crippen molar-refractivity contribution in [2.45, 2.75) is 6.92 Å². The lowest BCUT2D eigenvalue weighted by atomic mass is 10.2. The van der Waals surface area contributed by atoms with Crippen LogP contribution >= 0.6 is 0 Å². The van der Waals surface area contributed by atoms with E-state index in [0.29, 0.717) is 11.6 Å². The number of hydrogen-bond donors (Lipinski definition) is 1. The van der Waals surface area contributed by atoms with E-state index >= 15 is 0 Å². The summed E-state index contributed by atoms with van der Waals surface area (Å²) in [6, 6.07) is 9.71. The number of nitriles is 1. The van der Waals surface area contributed by atoms with Gasteiger partial charge < -0.3 is 5.32 Å². The fourth-order valence-electron chi connectivity index (χ4n) is 1.52. The third kappa shape index (κ3) is 2.74. The van der Waals surface area contributed by atoms with Crippen molar-refractivity contribution in [1.82, 2.24) is 9.97 Å². The lowest BCUT2D eigenvalue weighted by Crippen LogP contribution is -2.10. The molecule has 1 heterocycles. The van der Waals surface area contributed by atoms with Crippen LogP contribution in [0.3, 0.4) is 0 Å². The first-order valence-corrected chi connectivity index (χ1v) is 5.48. The molecule has 0 spiro atoms. The van der Waals surface area contributed by atoms with E-state index < -0.39 is 0 Å². The molecule has 0 fully saturated rings. The van der Waals surface area contributed by atoms with Crippen molar-refractivity contribution in [3.8, 4) is 6.19 Å². The first-order valence-electron chi connectivity index (χ1n) is 5.48. The minimum atomic E-state index is 0.558. The van der Waals surface area contributed by atoms with E-state index in [2.05, 4.69) is 15.3 Å². The lowest BCUT2D eigenvalue weighted by molar-refractivity contribution is 1.08. The molecule has 1 aromatic carbocycles. The van der Waals surface area contributed by atoms with Crippen molar-refractivity contribution < 1.29 is 0 Å². The van der Waals surface area contributed by atoms with Crippen molar-refractivity contribution >= 4 is 17.3 Å². The SMILES string of the molecule is Cc1cccc(Nc2cc(N(C)C#N)ncn2)c1. The minimum Gasteiger partial charge on any atom is -0.340 e. The molecule has 2 aromatic rings. The van der Waals surface area contributed by atoms with Gasteiger partial charge in [-0.2, -0.15) is 5.26 Å². The van der Waals surface area contributed by atoms with Gasteiger partial charge in [-0.25, -0.2) is 9.97 Å². The third-order valence-corrected chi connectivity index (χ3v) is 2.44. The second-order valence-electron chi connectivity index (χ2n) is 3.91. The number of anilines is 3.